The van der Waals surface area contributed by atoms with Gasteiger partial charge in [0.15, 0.2) is 0 Å². The highest BCUT2D eigenvalue weighted by molar-refractivity contribution is 7.89. The van der Waals surface area contributed by atoms with Gasteiger partial charge >= 0.3 is 0 Å². The van der Waals surface area contributed by atoms with Crippen molar-refractivity contribution in [3.05, 3.63) is 40.8 Å². The van der Waals surface area contributed by atoms with Crippen molar-refractivity contribution in [1.29, 1.82) is 0 Å². The van der Waals surface area contributed by atoms with E-state index in [0.717, 1.165) is 12.1 Å². The largest absolute Gasteiger partial charge is 0.384 e. The van der Waals surface area contributed by atoms with Crippen molar-refractivity contribution in [2.45, 2.75) is 31.2 Å². The van der Waals surface area contributed by atoms with E-state index in [1.807, 2.05) is 11.4 Å². The molecule has 1 aromatic carbocycles. The van der Waals surface area contributed by atoms with Gasteiger partial charge in [0.05, 0.1) is 16.9 Å². The summed E-state index contributed by atoms with van der Waals surface area (Å²) in [4.78, 5) is 4.48. The van der Waals surface area contributed by atoms with Crippen LogP contribution in [0.4, 0.5) is 5.69 Å². The summed E-state index contributed by atoms with van der Waals surface area (Å²) in [7, 11) is -3.50. The van der Waals surface area contributed by atoms with Crippen molar-refractivity contribution in [1.82, 2.24) is 9.71 Å². The molecule has 0 aliphatic carbocycles. The minimum Gasteiger partial charge on any atom is -0.384 e. The molecular formula is C14H19N3O2S2. The first-order chi connectivity index (χ1) is 9.99. The van der Waals surface area contributed by atoms with Gasteiger partial charge < -0.3 is 5.32 Å². The van der Waals surface area contributed by atoms with Gasteiger partial charge in [0, 0.05) is 24.4 Å². The van der Waals surface area contributed by atoms with E-state index in [-0.39, 0.29) is 10.9 Å². The van der Waals surface area contributed by atoms with E-state index < -0.39 is 10.0 Å². The minimum absolute atomic E-state index is 0.141. The molecule has 5 nitrogen and oxygen atoms in total. The van der Waals surface area contributed by atoms with Gasteiger partial charge in [-0.3, -0.25) is 0 Å². The first-order valence-electron chi connectivity index (χ1n) is 6.71. The van der Waals surface area contributed by atoms with E-state index in [1.165, 1.54) is 0 Å². The molecule has 0 unspecified atom stereocenters. The third-order valence-electron chi connectivity index (χ3n) is 2.75. The van der Waals surface area contributed by atoms with Crippen molar-refractivity contribution in [2.75, 3.05) is 11.9 Å². The van der Waals surface area contributed by atoms with Crippen LogP contribution in [-0.4, -0.2) is 26.0 Å². The van der Waals surface area contributed by atoms with Gasteiger partial charge in [0.1, 0.15) is 4.90 Å². The Hall–Kier alpha value is -1.44. The fourth-order valence-corrected chi connectivity index (χ4v) is 3.93. The van der Waals surface area contributed by atoms with Gasteiger partial charge in [0.2, 0.25) is 10.0 Å². The van der Waals surface area contributed by atoms with E-state index in [9.17, 15) is 8.42 Å². The number of sulfonamides is 1. The van der Waals surface area contributed by atoms with Gasteiger partial charge in [-0.1, -0.05) is 12.1 Å². The molecule has 0 radical (unpaired) electrons. The van der Waals surface area contributed by atoms with Crippen LogP contribution in [0, 0.1) is 0 Å². The molecule has 21 heavy (non-hydrogen) atoms. The molecule has 0 atom stereocenters. The highest BCUT2D eigenvalue weighted by atomic mass is 32.2. The Bertz CT molecular complexity index is 667. The van der Waals surface area contributed by atoms with Crippen LogP contribution in [0.3, 0.4) is 0 Å². The van der Waals surface area contributed by atoms with E-state index in [4.69, 9.17) is 0 Å². The van der Waals surface area contributed by atoms with Crippen molar-refractivity contribution in [3.63, 3.8) is 0 Å². The van der Waals surface area contributed by atoms with Crippen molar-refractivity contribution < 1.29 is 8.42 Å². The highest BCUT2D eigenvalue weighted by Crippen LogP contribution is 2.21. The molecule has 2 aromatic rings. The zero-order valence-corrected chi connectivity index (χ0v) is 13.7. The summed E-state index contributed by atoms with van der Waals surface area (Å²) in [5.41, 5.74) is 3.41. The van der Waals surface area contributed by atoms with Crippen LogP contribution < -0.4 is 10.0 Å². The highest BCUT2D eigenvalue weighted by Gasteiger charge is 2.18. The molecule has 0 spiro atoms. The molecule has 0 saturated carbocycles. The van der Waals surface area contributed by atoms with Crippen LogP contribution in [-0.2, 0) is 16.4 Å². The van der Waals surface area contributed by atoms with E-state index in [2.05, 4.69) is 15.0 Å². The Balaban J connectivity index is 2.09. The molecule has 1 aromatic heterocycles. The zero-order valence-electron chi connectivity index (χ0n) is 12.0. The first-order valence-corrected chi connectivity index (χ1v) is 9.14. The number of benzene rings is 1. The summed E-state index contributed by atoms with van der Waals surface area (Å²) in [5.74, 6) is 0. The predicted molar refractivity (Wildman–Crippen MR) is 86.2 cm³/mol. The lowest BCUT2D eigenvalue weighted by molar-refractivity contribution is 0.570. The number of rotatable bonds is 7. The number of aromatic nitrogens is 1. The van der Waals surface area contributed by atoms with E-state index in [1.54, 1.807) is 48.9 Å². The van der Waals surface area contributed by atoms with Gasteiger partial charge in [-0.05, 0) is 26.0 Å². The summed E-state index contributed by atoms with van der Waals surface area (Å²) in [6, 6.07) is 6.78. The second-order valence-corrected chi connectivity index (χ2v) is 7.33. The summed E-state index contributed by atoms with van der Waals surface area (Å²) in [6.07, 6.45) is 0.759. The number of para-hydroxylation sites is 1. The molecule has 0 amide bonds. The Kier molecular flexibility index (Phi) is 5.33. The number of nitrogens with one attached hydrogen (secondary N) is 2. The smallest absolute Gasteiger partial charge is 0.242 e. The van der Waals surface area contributed by atoms with Gasteiger partial charge in [-0.2, -0.15) is 0 Å². The van der Waals surface area contributed by atoms with Crippen LogP contribution in [0.1, 0.15) is 19.5 Å². The number of thiazole rings is 1. The monoisotopic (exact) mass is 325 g/mol. The standard InChI is InChI=1S/C14H19N3O2S2/c1-11(2)17-21(18,19)14-6-4-3-5-13(14)15-8-7-12-9-20-10-16-12/h3-6,9-11,15,17H,7-8H2,1-2H3. The van der Waals surface area contributed by atoms with Gasteiger partial charge in [-0.15, -0.1) is 11.3 Å². The molecule has 0 bridgehead atoms. The number of hydrogen-bond acceptors (Lipinski definition) is 5. The maximum absolute atomic E-state index is 12.3. The fourth-order valence-electron chi connectivity index (χ4n) is 1.91. The Morgan fingerprint density at radius 2 is 2.05 bits per heavy atom. The second-order valence-electron chi connectivity index (χ2n) is 4.93. The maximum Gasteiger partial charge on any atom is 0.242 e. The molecule has 0 fully saturated rings. The third kappa shape index (κ3) is 4.52. The van der Waals surface area contributed by atoms with Crippen LogP contribution in [0.15, 0.2) is 40.1 Å². The predicted octanol–water partition coefficient (Wildman–Crippen LogP) is 2.48. The molecule has 1 heterocycles. The molecule has 7 heteroatoms. The topological polar surface area (TPSA) is 71.1 Å². The van der Waals surface area contributed by atoms with Crippen molar-refractivity contribution in [2.24, 2.45) is 0 Å². The van der Waals surface area contributed by atoms with Crippen molar-refractivity contribution in [3.8, 4) is 0 Å². The Morgan fingerprint density at radius 1 is 1.29 bits per heavy atom. The summed E-state index contributed by atoms with van der Waals surface area (Å²) in [6.45, 7) is 4.24. The normalized spacial score (nSPS) is 11.8. The van der Waals surface area contributed by atoms with Gasteiger partial charge in [-0.25, -0.2) is 18.1 Å². The molecule has 0 aliphatic rings. The zero-order chi connectivity index (χ0) is 15.3. The molecule has 114 valence electrons. The molecular weight excluding hydrogens is 306 g/mol. The van der Waals surface area contributed by atoms with Crippen LogP contribution in [0.5, 0.6) is 0 Å². The molecule has 0 aliphatic heterocycles. The quantitative estimate of drug-likeness (QED) is 0.820. The molecule has 2 rings (SSSR count). The maximum atomic E-state index is 12.3. The van der Waals surface area contributed by atoms with Crippen LogP contribution >= 0.6 is 11.3 Å². The van der Waals surface area contributed by atoms with Crippen molar-refractivity contribution >= 4 is 27.0 Å². The van der Waals surface area contributed by atoms with E-state index in [0.29, 0.717) is 12.2 Å². The molecule has 0 saturated heterocycles. The third-order valence-corrected chi connectivity index (χ3v) is 5.10. The van der Waals surface area contributed by atoms with Gasteiger partial charge in [0.25, 0.3) is 0 Å². The summed E-state index contributed by atoms with van der Waals surface area (Å²) < 4.78 is 27.2. The SMILES string of the molecule is CC(C)NS(=O)(=O)c1ccccc1NCCc1cscn1. The lowest BCUT2D eigenvalue weighted by Crippen LogP contribution is -2.30. The Labute approximate surface area is 129 Å². The lowest BCUT2D eigenvalue weighted by Gasteiger charge is -2.14. The average molecular weight is 325 g/mol. The van der Waals surface area contributed by atoms with Crippen LogP contribution in [0.25, 0.3) is 0 Å². The number of hydrogen-bond donors (Lipinski definition) is 2. The fraction of sp³-hybridized carbons (Fsp3) is 0.357. The van der Waals surface area contributed by atoms with E-state index >= 15 is 0 Å². The minimum atomic E-state index is -3.50. The molecule has 2 N–H and O–H groups in total. The van der Waals surface area contributed by atoms with Crippen LogP contribution in [0.2, 0.25) is 0 Å². The Morgan fingerprint density at radius 3 is 2.71 bits per heavy atom. The first kappa shape index (κ1) is 15.9. The number of anilines is 1. The average Bonchev–Trinajstić information content (AvgIpc) is 2.91. The lowest BCUT2D eigenvalue weighted by atomic mass is 10.3. The second kappa shape index (κ2) is 7.02. The number of nitrogens with zero attached hydrogens (tertiary/aromatic N) is 1. The summed E-state index contributed by atoms with van der Waals surface area (Å²) >= 11 is 1.56. The summed E-state index contributed by atoms with van der Waals surface area (Å²) in [5, 5.41) is 5.17.